The van der Waals surface area contributed by atoms with Crippen LogP contribution in [0.25, 0.3) is 10.8 Å². The van der Waals surface area contributed by atoms with Crippen molar-refractivity contribution in [2.45, 2.75) is 50.2 Å². The second-order valence-electron chi connectivity index (χ2n) is 7.94. The van der Waals surface area contributed by atoms with Crippen molar-refractivity contribution in [1.82, 2.24) is 5.32 Å². The third-order valence-corrected chi connectivity index (χ3v) is 6.06. The minimum absolute atomic E-state index is 0.117. The highest BCUT2D eigenvalue weighted by atomic mass is 16.3. The van der Waals surface area contributed by atoms with E-state index in [2.05, 4.69) is 72.0 Å². The van der Waals surface area contributed by atoms with Crippen LogP contribution in [0.5, 0.6) is 0 Å². The molecule has 0 aromatic heterocycles. The van der Waals surface area contributed by atoms with Crippen molar-refractivity contribution in [2.75, 3.05) is 6.54 Å². The Morgan fingerprint density at radius 3 is 2.30 bits per heavy atom. The molecule has 0 bridgehead atoms. The van der Waals surface area contributed by atoms with Gasteiger partial charge in [0.15, 0.2) is 0 Å². The normalized spacial score (nSPS) is 17.7. The summed E-state index contributed by atoms with van der Waals surface area (Å²) < 4.78 is 0. The van der Waals surface area contributed by atoms with Crippen molar-refractivity contribution in [2.24, 2.45) is 0 Å². The number of rotatable bonds is 6. The summed E-state index contributed by atoms with van der Waals surface area (Å²) in [4.78, 5) is 0. The topological polar surface area (TPSA) is 32.3 Å². The van der Waals surface area contributed by atoms with E-state index in [0.29, 0.717) is 0 Å². The maximum Gasteiger partial charge on any atom is 0.0728 e. The van der Waals surface area contributed by atoms with Gasteiger partial charge in [-0.25, -0.2) is 0 Å². The Bertz CT molecular complexity index is 868. The predicted octanol–water partition coefficient (Wildman–Crippen LogP) is 5.41. The van der Waals surface area contributed by atoms with Gasteiger partial charge in [0, 0.05) is 19.0 Å². The van der Waals surface area contributed by atoms with Crippen LogP contribution in [0.3, 0.4) is 0 Å². The van der Waals surface area contributed by atoms with Gasteiger partial charge in [-0.2, -0.15) is 0 Å². The van der Waals surface area contributed by atoms with Crippen LogP contribution in [-0.2, 0) is 6.54 Å². The Labute approximate surface area is 162 Å². The third-order valence-electron chi connectivity index (χ3n) is 6.06. The number of aliphatic hydroxyl groups is 1. The maximum absolute atomic E-state index is 11.5. The quantitative estimate of drug-likeness (QED) is 0.617. The summed E-state index contributed by atoms with van der Waals surface area (Å²) in [7, 11) is 0. The summed E-state index contributed by atoms with van der Waals surface area (Å²) in [5.41, 5.74) is 1.92. The molecule has 0 heterocycles. The fraction of sp³-hybridized carbons (Fsp3) is 0.360. The standard InChI is InChI=1S/C25H29NO/c27-25(15-7-2-8-16-25)24(19-26-18-20-9-3-1-4-10-20)23-14-13-21-11-5-6-12-22(21)17-23/h1,3-6,9-14,17,24,26-27H,2,7-8,15-16,18-19H2. The lowest BCUT2D eigenvalue weighted by molar-refractivity contribution is -0.0216. The van der Waals surface area contributed by atoms with Gasteiger partial charge in [0.05, 0.1) is 5.60 Å². The molecule has 4 rings (SSSR count). The first-order chi connectivity index (χ1) is 13.2. The molecule has 3 aromatic carbocycles. The number of benzene rings is 3. The molecule has 27 heavy (non-hydrogen) atoms. The average molecular weight is 360 g/mol. The Kier molecular flexibility index (Phi) is 5.56. The lowest BCUT2D eigenvalue weighted by Gasteiger charge is -2.40. The zero-order valence-corrected chi connectivity index (χ0v) is 15.9. The molecular formula is C25H29NO. The van der Waals surface area contributed by atoms with Gasteiger partial charge >= 0.3 is 0 Å². The highest BCUT2D eigenvalue weighted by Crippen LogP contribution is 2.40. The molecule has 0 amide bonds. The molecule has 1 fully saturated rings. The van der Waals surface area contributed by atoms with Crippen LogP contribution in [0.15, 0.2) is 72.8 Å². The first kappa shape index (κ1) is 18.2. The van der Waals surface area contributed by atoms with Crippen molar-refractivity contribution in [3.05, 3.63) is 83.9 Å². The van der Waals surface area contributed by atoms with Gasteiger partial charge in [-0.15, -0.1) is 0 Å². The van der Waals surface area contributed by atoms with Gasteiger partial charge in [0.25, 0.3) is 0 Å². The van der Waals surface area contributed by atoms with Gasteiger partial charge < -0.3 is 10.4 Å². The van der Waals surface area contributed by atoms with Gasteiger partial charge in [-0.05, 0) is 34.7 Å². The Morgan fingerprint density at radius 1 is 0.815 bits per heavy atom. The molecule has 1 unspecified atom stereocenters. The molecular weight excluding hydrogens is 330 g/mol. The molecule has 0 aliphatic heterocycles. The van der Waals surface area contributed by atoms with E-state index in [0.717, 1.165) is 38.8 Å². The zero-order chi connectivity index (χ0) is 18.5. The summed E-state index contributed by atoms with van der Waals surface area (Å²) in [5, 5.41) is 17.6. The highest BCUT2D eigenvalue weighted by Gasteiger charge is 2.38. The van der Waals surface area contributed by atoms with Crippen molar-refractivity contribution in [3.8, 4) is 0 Å². The number of fused-ring (bicyclic) bond motifs is 1. The van der Waals surface area contributed by atoms with E-state index in [-0.39, 0.29) is 5.92 Å². The van der Waals surface area contributed by atoms with Crippen LogP contribution in [0, 0.1) is 0 Å². The average Bonchev–Trinajstić information content (AvgIpc) is 2.72. The first-order valence-electron chi connectivity index (χ1n) is 10.2. The molecule has 3 aromatic rings. The minimum atomic E-state index is -0.607. The largest absolute Gasteiger partial charge is 0.389 e. The van der Waals surface area contributed by atoms with E-state index < -0.39 is 5.60 Å². The summed E-state index contributed by atoms with van der Waals surface area (Å²) in [5.74, 6) is 0.117. The van der Waals surface area contributed by atoms with Gasteiger partial charge in [-0.1, -0.05) is 92.1 Å². The summed E-state index contributed by atoms with van der Waals surface area (Å²) >= 11 is 0. The summed E-state index contributed by atoms with van der Waals surface area (Å²) in [6, 6.07) is 25.7. The molecule has 2 nitrogen and oxygen atoms in total. The van der Waals surface area contributed by atoms with Gasteiger partial charge in [0.2, 0.25) is 0 Å². The van der Waals surface area contributed by atoms with Crippen molar-refractivity contribution >= 4 is 10.8 Å². The number of hydrogen-bond donors (Lipinski definition) is 2. The summed E-state index contributed by atoms with van der Waals surface area (Å²) in [6.45, 7) is 1.63. The van der Waals surface area contributed by atoms with Gasteiger partial charge in [-0.3, -0.25) is 0 Å². The molecule has 0 spiro atoms. The second-order valence-corrected chi connectivity index (χ2v) is 7.94. The molecule has 1 aliphatic rings. The first-order valence-corrected chi connectivity index (χ1v) is 10.2. The molecule has 0 saturated heterocycles. The lowest BCUT2D eigenvalue weighted by Crippen LogP contribution is -2.43. The third kappa shape index (κ3) is 4.23. The van der Waals surface area contributed by atoms with Crippen molar-refractivity contribution in [3.63, 3.8) is 0 Å². The molecule has 2 N–H and O–H groups in total. The highest BCUT2D eigenvalue weighted by molar-refractivity contribution is 5.83. The second kappa shape index (κ2) is 8.24. The fourth-order valence-electron chi connectivity index (χ4n) is 4.51. The monoisotopic (exact) mass is 359 g/mol. The number of hydrogen-bond acceptors (Lipinski definition) is 2. The Hall–Kier alpha value is -2.16. The Morgan fingerprint density at radius 2 is 1.52 bits per heavy atom. The Balaban J connectivity index is 1.58. The van der Waals surface area contributed by atoms with E-state index in [4.69, 9.17) is 0 Å². The van der Waals surface area contributed by atoms with Crippen LogP contribution in [0.2, 0.25) is 0 Å². The molecule has 140 valence electrons. The smallest absolute Gasteiger partial charge is 0.0728 e. The van der Waals surface area contributed by atoms with E-state index in [1.807, 2.05) is 6.07 Å². The fourth-order valence-corrected chi connectivity index (χ4v) is 4.51. The van der Waals surface area contributed by atoms with Crippen molar-refractivity contribution < 1.29 is 5.11 Å². The van der Waals surface area contributed by atoms with Crippen LogP contribution in [0.4, 0.5) is 0 Å². The molecule has 2 heteroatoms. The van der Waals surface area contributed by atoms with Crippen LogP contribution in [0.1, 0.15) is 49.1 Å². The zero-order valence-electron chi connectivity index (χ0n) is 15.9. The molecule has 1 aliphatic carbocycles. The van der Waals surface area contributed by atoms with Gasteiger partial charge in [0.1, 0.15) is 0 Å². The van der Waals surface area contributed by atoms with Crippen LogP contribution >= 0.6 is 0 Å². The molecule has 0 radical (unpaired) electrons. The SMILES string of the molecule is OC1(C(CNCc2ccccc2)c2ccc3ccccc3c2)CCCCC1. The molecule has 1 atom stereocenters. The summed E-state index contributed by atoms with van der Waals surface area (Å²) in [6.07, 6.45) is 5.29. The maximum atomic E-state index is 11.5. The minimum Gasteiger partial charge on any atom is -0.389 e. The molecule has 1 saturated carbocycles. The lowest BCUT2D eigenvalue weighted by atomic mass is 9.72. The number of nitrogens with one attached hydrogen (secondary N) is 1. The van der Waals surface area contributed by atoms with Crippen LogP contribution < -0.4 is 5.32 Å². The predicted molar refractivity (Wildman–Crippen MR) is 113 cm³/mol. The van der Waals surface area contributed by atoms with Crippen LogP contribution in [-0.4, -0.2) is 17.3 Å². The van der Waals surface area contributed by atoms with Crippen molar-refractivity contribution in [1.29, 1.82) is 0 Å². The van der Waals surface area contributed by atoms with E-state index in [1.54, 1.807) is 0 Å². The van der Waals surface area contributed by atoms with E-state index in [1.165, 1.54) is 28.3 Å². The van der Waals surface area contributed by atoms with E-state index >= 15 is 0 Å². The van der Waals surface area contributed by atoms with E-state index in [9.17, 15) is 5.11 Å².